The number of aromatic nitrogens is 2. The Kier molecular flexibility index (Phi) is 5.28. The van der Waals surface area contributed by atoms with Gasteiger partial charge >= 0.3 is 6.09 Å². The Morgan fingerprint density at radius 3 is 2.88 bits per heavy atom. The molecule has 3 rings (SSSR count). The third-order valence-corrected chi connectivity index (χ3v) is 3.80. The van der Waals surface area contributed by atoms with Gasteiger partial charge in [0.15, 0.2) is 11.6 Å². The van der Waals surface area contributed by atoms with Crippen molar-refractivity contribution in [3.05, 3.63) is 58.5 Å². The van der Waals surface area contributed by atoms with E-state index in [2.05, 4.69) is 25.5 Å². The second-order valence-electron chi connectivity index (χ2n) is 5.56. The molecule has 2 heterocycles. The first kappa shape index (κ1) is 16.5. The fraction of sp³-hybridized carbons (Fsp3) is 0.312. The molecule has 0 saturated carbocycles. The lowest BCUT2D eigenvalue weighted by Gasteiger charge is -2.16. The van der Waals surface area contributed by atoms with Crippen LogP contribution in [0.4, 0.5) is 16.4 Å². The molecule has 1 N–H and O–H groups in total. The first-order valence-corrected chi connectivity index (χ1v) is 7.85. The zero-order valence-electron chi connectivity index (χ0n) is 13.4. The zero-order chi connectivity index (χ0) is 17.5. The van der Waals surface area contributed by atoms with Crippen LogP contribution in [0.15, 0.2) is 47.6 Å². The minimum absolute atomic E-state index is 0.0439. The SMILES string of the molecule is [N-]=[N+]=NC1CCN(c2ccc(NC(=O)OCc3ccccc3)nn2)C1. The van der Waals surface area contributed by atoms with E-state index in [0.717, 1.165) is 18.5 Å². The predicted molar refractivity (Wildman–Crippen MR) is 92.0 cm³/mol. The second-order valence-corrected chi connectivity index (χ2v) is 5.56. The third kappa shape index (κ3) is 4.58. The van der Waals surface area contributed by atoms with Gasteiger partial charge in [0.05, 0.1) is 6.04 Å². The molecule has 9 heteroatoms. The van der Waals surface area contributed by atoms with Crippen LogP contribution in [0.1, 0.15) is 12.0 Å². The molecule has 1 unspecified atom stereocenters. The molecule has 1 amide bonds. The van der Waals surface area contributed by atoms with Crippen molar-refractivity contribution < 1.29 is 9.53 Å². The number of ether oxygens (including phenoxy) is 1. The monoisotopic (exact) mass is 339 g/mol. The molecule has 1 saturated heterocycles. The van der Waals surface area contributed by atoms with Crippen LogP contribution in [0.2, 0.25) is 0 Å². The van der Waals surface area contributed by atoms with Crippen LogP contribution in [0, 0.1) is 0 Å². The van der Waals surface area contributed by atoms with E-state index in [1.165, 1.54) is 0 Å². The van der Waals surface area contributed by atoms with Gasteiger partial charge in [-0.2, -0.15) is 0 Å². The maximum atomic E-state index is 11.8. The molecular formula is C16H17N7O2. The Balaban J connectivity index is 1.50. The Hall–Kier alpha value is -3.32. The summed E-state index contributed by atoms with van der Waals surface area (Å²) < 4.78 is 5.13. The minimum Gasteiger partial charge on any atom is -0.444 e. The number of anilines is 2. The fourth-order valence-electron chi connectivity index (χ4n) is 2.54. The summed E-state index contributed by atoms with van der Waals surface area (Å²) in [6, 6.07) is 12.8. The lowest BCUT2D eigenvalue weighted by atomic mass is 10.2. The number of hydrogen-bond acceptors (Lipinski definition) is 6. The molecule has 1 aromatic heterocycles. The van der Waals surface area contributed by atoms with E-state index in [1.54, 1.807) is 12.1 Å². The molecule has 0 bridgehead atoms. The van der Waals surface area contributed by atoms with Gasteiger partial charge < -0.3 is 9.64 Å². The lowest BCUT2D eigenvalue weighted by molar-refractivity contribution is 0.155. The highest BCUT2D eigenvalue weighted by molar-refractivity contribution is 5.83. The second kappa shape index (κ2) is 7.98. The normalized spacial score (nSPS) is 16.2. The largest absolute Gasteiger partial charge is 0.444 e. The molecule has 0 radical (unpaired) electrons. The maximum Gasteiger partial charge on any atom is 0.413 e. The van der Waals surface area contributed by atoms with Gasteiger partial charge in [0.2, 0.25) is 0 Å². The number of amides is 1. The highest BCUT2D eigenvalue weighted by atomic mass is 16.5. The molecule has 0 spiro atoms. The molecule has 1 atom stereocenters. The highest BCUT2D eigenvalue weighted by Gasteiger charge is 2.22. The summed E-state index contributed by atoms with van der Waals surface area (Å²) in [4.78, 5) is 16.6. The van der Waals surface area contributed by atoms with Crippen LogP contribution in [-0.4, -0.2) is 35.4 Å². The standard InChI is InChI=1S/C16H17N7O2/c17-22-19-13-8-9-23(10-13)15-7-6-14(20-21-15)18-16(24)25-11-12-4-2-1-3-5-12/h1-7,13H,8-11H2,(H,18,20,24). The number of benzene rings is 1. The average Bonchev–Trinajstić information content (AvgIpc) is 3.10. The summed E-state index contributed by atoms with van der Waals surface area (Å²) in [5, 5.41) is 14.3. The van der Waals surface area contributed by atoms with Gasteiger partial charge in [0.1, 0.15) is 6.61 Å². The van der Waals surface area contributed by atoms with Gasteiger partial charge in [-0.3, -0.25) is 5.32 Å². The van der Waals surface area contributed by atoms with Gasteiger partial charge in [-0.05, 0) is 29.6 Å². The predicted octanol–water partition coefficient (Wildman–Crippen LogP) is 3.11. The number of carbonyl (C=O) groups excluding carboxylic acids is 1. The van der Waals surface area contributed by atoms with Gasteiger partial charge in [-0.1, -0.05) is 35.4 Å². The topological polar surface area (TPSA) is 116 Å². The lowest BCUT2D eigenvalue weighted by Crippen LogP contribution is -2.22. The van der Waals surface area contributed by atoms with Crippen molar-refractivity contribution in [1.82, 2.24) is 10.2 Å². The Morgan fingerprint density at radius 2 is 2.16 bits per heavy atom. The van der Waals surface area contributed by atoms with Crippen molar-refractivity contribution >= 4 is 17.7 Å². The van der Waals surface area contributed by atoms with Crippen molar-refractivity contribution in [3.63, 3.8) is 0 Å². The van der Waals surface area contributed by atoms with Crippen LogP contribution in [-0.2, 0) is 11.3 Å². The van der Waals surface area contributed by atoms with Gasteiger partial charge in [0.25, 0.3) is 0 Å². The van der Waals surface area contributed by atoms with E-state index in [1.807, 2.05) is 35.2 Å². The zero-order valence-corrected chi connectivity index (χ0v) is 13.4. The molecule has 9 nitrogen and oxygen atoms in total. The maximum absolute atomic E-state index is 11.8. The van der Waals surface area contributed by atoms with Gasteiger partial charge in [-0.15, -0.1) is 10.2 Å². The van der Waals surface area contributed by atoms with Crippen molar-refractivity contribution in [2.24, 2.45) is 5.11 Å². The molecule has 2 aromatic rings. The van der Waals surface area contributed by atoms with E-state index in [-0.39, 0.29) is 12.6 Å². The number of nitrogens with one attached hydrogen (secondary N) is 1. The molecule has 1 aliphatic rings. The molecule has 1 aliphatic heterocycles. The van der Waals surface area contributed by atoms with Gasteiger partial charge in [0, 0.05) is 18.0 Å². The van der Waals surface area contributed by atoms with E-state index in [9.17, 15) is 4.79 Å². The summed E-state index contributed by atoms with van der Waals surface area (Å²) in [6.07, 6.45) is 0.202. The first-order chi connectivity index (χ1) is 12.2. The number of azide groups is 1. The molecule has 128 valence electrons. The molecule has 1 fully saturated rings. The summed E-state index contributed by atoms with van der Waals surface area (Å²) in [7, 11) is 0. The summed E-state index contributed by atoms with van der Waals surface area (Å²) in [5.41, 5.74) is 9.39. The minimum atomic E-state index is -0.588. The third-order valence-electron chi connectivity index (χ3n) is 3.80. The van der Waals surface area contributed by atoms with Crippen LogP contribution < -0.4 is 10.2 Å². The van der Waals surface area contributed by atoms with E-state index >= 15 is 0 Å². The Morgan fingerprint density at radius 1 is 1.32 bits per heavy atom. The average molecular weight is 339 g/mol. The van der Waals surface area contributed by atoms with Crippen molar-refractivity contribution in [3.8, 4) is 0 Å². The summed E-state index contributed by atoms with van der Waals surface area (Å²) in [5.74, 6) is 0.992. The summed E-state index contributed by atoms with van der Waals surface area (Å²) in [6.45, 7) is 1.56. The number of hydrogen-bond donors (Lipinski definition) is 1. The van der Waals surface area contributed by atoms with E-state index < -0.39 is 6.09 Å². The Bertz CT molecular complexity index is 760. The Labute approximate surface area is 144 Å². The van der Waals surface area contributed by atoms with Crippen molar-refractivity contribution in [2.45, 2.75) is 19.1 Å². The van der Waals surface area contributed by atoms with Crippen molar-refractivity contribution in [2.75, 3.05) is 23.3 Å². The quantitative estimate of drug-likeness (QED) is 0.510. The molecule has 1 aromatic carbocycles. The smallest absolute Gasteiger partial charge is 0.413 e. The number of rotatable bonds is 5. The van der Waals surface area contributed by atoms with Crippen molar-refractivity contribution in [1.29, 1.82) is 0 Å². The van der Waals surface area contributed by atoms with Crippen LogP contribution >= 0.6 is 0 Å². The molecule has 0 aliphatic carbocycles. The fourth-order valence-corrected chi connectivity index (χ4v) is 2.54. The van der Waals surface area contributed by atoms with Crippen LogP contribution in [0.5, 0.6) is 0 Å². The highest BCUT2D eigenvalue weighted by Crippen LogP contribution is 2.20. The van der Waals surface area contributed by atoms with E-state index in [4.69, 9.17) is 10.3 Å². The van der Waals surface area contributed by atoms with Crippen LogP contribution in [0.25, 0.3) is 10.4 Å². The van der Waals surface area contributed by atoms with E-state index in [0.29, 0.717) is 18.2 Å². The molecule has 25 heavy (non-hydrogen) atoms. The number of carbonyl (C=O) groups is 1. The van der Waals surface area contributed by atoms with Gasteiger partial charge in [-0.25, -0.2) is 4.79 Å². The van der Waals surface area contributed by atoms with Crippen LogP contribution in [0.3, 0.4) is 0 Å². The molecular weight excluding hydrogens is 322 g/mol. The summed E-state index contributed by atoms with van der Waals surface area (Å²) >= 11 is 0. The first-order valence-electron chi connectivity index (χ1n) is 7.85. The number of nitrogens with zero attached hydrogens (tertiary/aromatic N) is 6.